The lowest BCUT2D eigenvalue weighted by atomic mass is 9.86. The molecule has 7 nitrogen and oxygen atoms in total. The summed E-state index contributed by atoms with van der Waals surface area (Å²) in [7, 11) is 0. The van der Waals surface area contributed by atoms with Gasteiger partial charge in [0.1, 0.15) is 0 Å². The second-order valence-corrected chi connectivity index (χ2v) is 9.78. The Bertz CT molecular complexity index is 516. The van der Waals surface area contributed by atoms with E-state index in [-0.39, 0.29) is 36.9 Å². The minimum Gasteiger partial charge on any atom is -0.481 e. The summed E-state index contributed by atoms with van der Waals surface area (Å²) in [5.74, 6) is -0.967. The average Bonchev–Trinajstić information content (AvgIpc) is 3.07. The smallest absolute Gasteiger partial charge is 0.303 e. The van der Waals surface area contributed by atoms with Crippen LogP contribution >= 0.6 is 0 Å². The lowest BCUT2D eigenvalue weighted by Gasteiger charge is -2.30. The Morgan fingerprint density at radius 3 is 2.16 bits per heavy atom. The number of carboxylic acids is 1. The summed E-state index contributed by atoms with van der Waals surface area (Å²) in [6.45, 7) is 2.33. The zero-order valence-corrected chi connectivity index (χ0v) is 19.6. The molecule has 2 unspecified atom stereocenters. The number of aliphatic hydroxyl groups is 1. The number of unbranched alkanes of at least 4 members (excludes halogenated alkanes) is 5. The Labute approximate surface area is 193 Å². The number of carbonyl (C=O) groups is 1. The van der Waals surface area contributed by atoms with E-state index in [1.165, 1.54) is 25.7 Å². The third-order valence-electron chi connectivity index (χ3n) is 7.24. The fourth-order valence-corrected chi connectivity index (χ4v) is 5.45. The van der Waals surface area contributed by atoms with E-state index in [0.717, 1.165) is 77.6 Å². The van der Waals surface area contributed by atoms with E-state index >= 15 is 0 Å². The van der Waals surface area contributed by atoms with Gasteiger partial charge >= 0.3 is 5.97 Å². The Morgan fingerprint density at radius 1 is 0.844 bits per heavy atom. The molecule has 0 aromatic carbocycles. The monoisotopic (exact) mass is 456 g/mol. The molecule has 2 N–H and O–H groups in total. The third-order valence-corrected chi connectivity index (χ3v) is 7.24. The van der Waals surface area contributed by atoms with E-state index in [0.29, 0.717) is 6.42 Å². The molecular formula is C25H44O7. The first kappa shape index (κ1) is 25.9. The molecule has 2 heterocycles. The number of hydrogen-bond donors (Lipinski definition) is 2. The number of aliphatic carboxylic acids is 1. The van der Waals surface area contributed by atoms with Crippen molar-refractivity contribution in [2.45, 2.75) is 121 Å². The lowest BCUT2D eigenvalue weighted by Crippen LogP contribution is -2.32. The van der Waals surface area contributed by atoms with Crippen LogP contribution in [-0.4, -0.2) is 60.8 Å². The summed E-state index contributed by atoms with van der Waals surface area (Å²) in [4.78, 5) is 11.4. The summed E-state index contributed by atoms with van der Waals surface area (Å²) < 4.78 is 23.3. The molecule has 0 aromatic heterocycles. The van der Waals surface area contributed by atoms with Crippen molar-refractivity contribution in [1.82, 2.24) is 0 Å². The van der Waals surface area contributed by atoms with Crippen molar-refractivity contribution in [3.63, 3.8) is 0 Å². The molecule has 0 aromatic rings. The molecular weight excluding hydrogens is 412 g/mol. The van der Waals surface area contributed by atoms with E-state index in [1.54, 1.807) is 0 Å². The number of aliphatic hydroxyl groups excluding tert-OH is 1. The normalized spacial score (nSPS) is 33.4. The topological polar surface area (TPSA) is 94.5 Å². The average molecular weight is 457 g/mol. The van der Waals surface area contributed by atoms with E-state index in [4.69, 9.17) is 18.9 Å². The van der Waals surface area contributed by atoms with Gasteiger partial charge < -0.3 is 29.2 Å². The lowest BCUT2D eigenvalue weighted by molar-refractivity contribution is -0.196. The number of hydrogen-bond acceptors (Lipinski definition) is 6. The molecule has 1 aliphatic carbocycles. The molecule has 1 saturated carbocycles. The fraction of sp³-hybridized carbons (Fsp3) is 0.960. The van der Waals surface area contributed by atoms with Gasteiger partial charge in [0.15, 0.2) is 12.6 Å². The highest BCUT2D eigenvalue weighted by Gasteiger charge is 2.44. The van der Waals surface area contributed by atoms with Crippen LogP contribution in [0.3, 0.4) is 0 Å². The van der Waals surface area contributed by atoms with E-state index in [1.807, 2.05) is 0 Å². The third kappa shape index (κ3) is 8.90. The molecule has 186 valence electrons. The molecule has 2 aliphatic heterocycles. The highest BCUT2D eigenvalue weighted by Crippen LogP contribution is 2.41. The van der Waals surface area contributed by atoms with Crippen LogP contribution in [0.25, 0.3) is 0 Å². The molecule has 3 aliphatic rings. The molecule has 32 heavy (non-hydrogen) atoms. The molecule has 3 rings (SSSR count). The zero-order valence-electron chi connectivity index (χ0n) is 19.6. The van der Waals surface area contributed by atoms with E-state index in [9.17, 15) is 15.0 Å². The van der Waals surface area contributed by atoms with Crippen LogP contribution < -0.4 is 0 Å². The SMILES string of the molecule is O=C(O)C[C@@H]1[C@@H](CCCCCCCCOC2CCCCO2)[C@@H](OC2CCCCO2)C[C@@H]1O. The second-order valence-electron chi connectivity index (χ2n) is 9.78. The van der Waals surface area contributed by atoms with Gasteiger partial charge in [0.2, 0.25) is 0 Å². The molecule has 7 heteroatoms. The van der Waals surface area contributed by atoms with Crippen LogP contribution in [0.2, 0.25) is 0 Å². The summed E-state index contributed by atoms with van der Waals surface area (Å²) in [5.41, 5.74) is 0. The quantitative estimate of drug-likeness (QED) is 0.368. The van der Waals surface area contributed by atoms with Gasteiger partial charge in [-0.1, -0.05) is 32.1 Å². The second kappa shape index (κ2) is 14.5. The van der Waals surface area contributed by atoms with Crippen molar-refractivity contribution >= 4 is 5.97 Å². The highest BCUT2D eigenvalue weighted by atomic mass is 16.7. The minimum absolute atomic E-state index is 0.0124. The van der Waals surface area contributed by atoms with Crippen LogP contribution in [0.5, 0.6) is 0 Å². The summed E-state index contributed by atoms with van der Waals surface area (Å²) in [6.07, 6.45) is 13.8. The van der Waals surface area contributed by atoms with Crippen LogP contribution in [0.1, 0.15) is 96.3 Å². The van der Waals surface area contributed by atoms with Crippen molar-refractivity contribution in [3.05, 3.63) is 0 Å². The van der Waals surface area contributed by atoms with Crippen molar-refractivity contribution in [1.29, 1.82) is 0 Å². The maximum atomic E-state index is 11.4. The predicted octanol–water partition coefficient (Wildman–Crippen LogP) is 4.64. The fourth-order valence-electron chi connectivity index (χ4n) is 5.45. The van der Waals surface area contributed by atoms with Crippen LogP contribution in [0, 0.1) is 11.8 Å². The van der Waals surface area contributed by atoms with Gasteiger partial charge in [0.25, 0.3) is 0 Å². The van der Waals surface area contributed by atoms with Crippen molar-refractivity contribution in [2.75, 3.05) is 19.8 Å². The Morgan fingerprint density at radius 2 is 1.50 bits per heavy atom. The molecule has 6 atom stereocenters. The van der Waals surface area contributed by atoms with Crippen molar-refractivity contribution in [2.24, 2.45) is 11.8 Å². The molecule has 0 bridgehead atoms. The molecule has 0 amide bonds. The van der Waals surface area contributed by atoms with Crippen LogP contribution in [-0.2, 0) is 23.7 Å². The maximum absolute atomic E-state index is 11.4. The van der Waals surface area contributed by atoms with Crippen molar-refractivity contribution in [3.8, 4) is 0 Å². The number of ether oxygens (including phenoxy) is 4. The molecule has 3 fully saturated rings. The maximum Gasteiger partial charge on any atom is 0.303 e. The van der Waals surface area contributed by atoms with Crippen LogP contribution in [0.15, 0.2) is 0 Å². The Kier molecular flexibility index (Phi) is 11.7. The standard InChI is InChI=1S/C25H44O7/c26-21-18-22(32-25-13-7-10-16-31-25)19(20(21)17-23(27)28)11-5-3-1-2-4-8-14-29-24-12-6-9-15-30-24/h19-22,24-26H,1-18H2,(H,27,28)/t19-,20-,21+,22+,24?,25?/m1/s1. The number of rotatable bonds is 14. The van der Waals surface area contributed by atoms with Gasteiger partial charge in [-0.05, 0) is 57.3 Å². The number of carboxylic acid groups (broad SMARTS) is 1. The van der Waals surface area contributed by atoms with E-state index < -0.39 is 12.1 Å². The molecule has 0 radical (unpaired) electrons. The minimum atomic E-state index is -0.838. The van der Waals surface area contributed by atoms with Crippen LogP contribution in [0.4, 0.5) is 0 Å². The predicted molar refractivity (Wildman–Crippen MR) is 120 cm³/mol. The first-order valence-corrected chi connectivity index (χ1v) is 13.0. The first-order chi connectivity index (χ1) is 15.6. The molecule has 2 saturated heterocycles. The first-order valence-electron chi connectivity index (χ1n) is 13.0. The summed E-state index contributed by atoms with van der Waals surface area (Å²) in [5, 5.41) is 19.8. The van der Waals surface area contributed by atoms with Gasteiger partial charge in [0.05, 0.1) is 18.6 Å². The van der Waals surface area contributed by atoms with Gasteiger partial charge in [-0.3, -0.25) is 4.79 Å². The Hall–Kier alpha value is -0.730. The van der Waals surface area contributed by atoms with E-state index in [2.05, 4.69) is 0 Å². The van der Waals surface area contributed by atoms with Gasteiger partial charge in [-0.25, -0.2) is 0 Å². The largest absolute Gasteiger partial charge is 0.481 e. The summed E-state index contributed by atoms with van der Waals surface area (Å²) in [6, 6.07) is 0. The van der Waals surface area contributed by atoms with Gasteiger partial charge in [0, 0.05) is 32.2 Å². The van der Waals surface area contributed by atoms with Crippen molar-refractivity contribution < 1.29 is 34.0 Å². The van der Waals surface area contributed by atoms with Gasteiger partial charge in [-0.15, -0.1) is 0 Å². The van der Waals surface area contributed by atoms with Gasteiger partial charge in [-0.2, -0.15) is 0 Å². The summed E-state index contributed by atoms with van der Waals surface area (Å²) >= 11 is 0. The Balaban J connectivity index is 1.31. The zero-order chi connectivity index (χ0) is 22.6. The molecule has 0 spiro atoms. The highest BCUT2D eigenvalue weighted by molar-refractivity contribution is 5.67.